The van der Waals surface area contributed by atoms with Crippen LogP contribution >= 0.6 is 0 Å². The minimum absolute atomic E-state index is 0.0723. The van der Waals surface area contributed by atoms with Gasteiger partial charge in [0.15, 0.2) is 0 Å². The number of alkyl halides is 3. The van der Waals surface area contributed by atoms with E-state index in [1.165, 1.54) is 43.1 Å². The molecular weight excluding hydrogens is 478 g/mol. The molecule has 1 saturated heterocycles. The van der Waals surface area contributed by atoms with Crippen LogP contribution in [0.3, 0.4) is 0 Å². The van der Waals surface area contributed by atoms with Gasteiger partial charge in [-0.3, -0.25) is 9.78 Å². The summed E-state index contributed by atoms with van der Waals surface area (Å²) in [5, 5.41) is 0.457. The van der Waals surface area contributed by atoms with Gasteiger partial charge in [-0.05, 0) is 67.9 Å². The number of carbonyl (C=O) groups is 2. The number of halogens is 4. The number of imide groups is 1. The molecule has 1 fully saturated rings. The van der Waals surface area contributed by atoms with E-state index >= 15 is 0 Å². The summed E-state index contributed by atoms with van der Waals surface area (Å²) < 4.78 is 75.4. The van der Waals surface area contributed by atoms with Crippen molar-refractivity contribution in [3.63, 3.8) is 0 Å². The van der Waals surface area contributed by atoms with Crippen LogP contribution in [0.5, 0.6) is 0 Å². The fourth-order valence-corrected chi connectivity index (χ4v) is 4.48. The van der Waals surface area contributed by atoms with Gasteiger partial charge in [0.2, 0.25) is 0 Å². The number of aromatic nitrogens is 1. The average Bonchev–Trinajstić information content (AvgIpc) is 2.92. The number of carbonyl (C=O) groups excluding carboxylic acids is 2. The summed E-state index contributed by atoms with van der Waals surface area (Å²) in [5.74, 6) is -1.16. The van der Waals surface area contributed by atoms with Gasteiger partial charge in [0.05, 0.1) is 16.1 Å². The largest absolute Gasteiger partial charge is 0.501 e. The fourth-order valence-electron chi connectivity index (χ4n) is 3.72. The molecule has 0 unspecified atom stereocenters. The number of hydrogen-bond acceptors (Lipinski definition) is 5. The van der Waals surface area contributed by atoms with Gasteiger partial charge in [-0.15, -0.1) is 0 Å². The Kier molecular flexibility index (Phi) is 5.39. The first-order chi connectivity index (χ1) is 15.7. The van der Waals surface area contributed by atoms with Crippen LogP contribution in [-0.2, 0) is 21.2 Å². The van der Waals surface area contributed by atoms with Gasteiger partial charge in [0, 0.05) is 18.1 Å². The highest BCUT2D eigenvalue weighted by Crippen LogP contribution is 2.36. The highest BCUT2D eigenvalue weighted by Gasteiger charge is 2.52. The minimum atomic E-state index is -5.58. The van der Waals surface area contributed by atoms with E-state index in [0.717, 1.165) is 17.0 Å². The van der Waals surface area contributed by atoms with Crippen LogP contribution < -0.4 is 4.90 Å². The number of benzene rings is 2. The second-order valence-electron chi connectivity index (χ2n) is 8.14. The molecule has 2 heterocycles. The Morgan fingerprint density at radius 3 is 2.26 bits per heavy atom. The van der Waals surface area contributed by atoms with Gasteiger partial charge < -0.3 is 4.90 Å². The molecule has 0 spiro atoms. The first kappa shape index (κ1) is 23.6. The summed E-state index contributed by atoms with van der Waals surface area (Å²) in [5.41, 5.74) is -5.90. The summed E-state index contributed by atoms with van der Waals surface area (Å²) in [4.78, 5) is 31.5. The Labute approximate surface area is 191 Å². The van der Waals surface area contributed by atoms with E-state index in [0.29, 0.717) is 28.6 Å². The number of rotatable bonds is 4. The SMILES string of the molecule is CC1(C)C(=O)N(c2ccc(S(=O)(=O)C(F)(F)F)cc2)C(=O)N1Cc1ccnc2ccc(F)cc12. The number of amides is 3. The van der Waals surface area contributed by atoms with Crippen molar-refractivity contribution in [1.82, 2.24) is 9.88 Å². The molecular formula is C22H17F4N3O4S. The Balaban J connectivity index is 1.69. The van der Waals surface area contributed by atoms with Crippen LogP contribution in [0.2, 0.25) is 0 Å². The van der Waals surface area contributed by atoms with Gasteiger partial charge in [0.1, 0.15) is 11.4 Å². The van der Waals surface area contributed by atoms with Crippen molar-refractivity contribution < 1.29 is 35.6 Å². The summed E-state index contributed by atoms with van der Waals surface area (Å²) >= 11 is 0. The topological polar surface area (TPSA) is 87.7 Å². The van der Waals surface area contributed by atoms with Crippen LogP contribution in [0, 0.1) is 5.82 Å². The van der Waals surface area contributed by atoms with Crippen LogP contribution in [0.1, 0.15) is 19.4 Å². The lowest BCUT2D eigenvalue weighted by Gasteiger charge is -2.28. The molecule has 34 heavy (non-hydrogen) atoms. The van der Waals surface area contributed by atoms with Crippen molar-refractivity contribution in [3.8, 4) is 0 Å². The van der Waals surface area contributed by atoms with E-state index in [1.807, 2.05) is 0 Å². The highest BCUT2D eigenvalue weighted by atomic mass is 32.2. The lowest BCUT2D eigenvalue weighted by Crippen LogP contribution is -2.43. The van der Waals surface area contributed by atoms with Gasteiger partial charge in [0.25, 0.3) is 15.7 Å². The molecule has 1 aliphatic rings. The molecule has 0 aliphatic carbocycles. The summed E-state index contributed by atoms with van der Waals surface area (Å²) in [6.07, 6.45) is 1.49. The summed E-state index contributed by atoms with van der Waals surface area (Å²) in [7, 11) is -5.58. The molecule has 178 valence electrons. The van der Waals surface area contributed by atoms with Gasteiger partial charge in [-0.2, -0.15) is 13.2 Å². The second kappa shape index (κ2) is 7.76. The maximum absolute atomic E-state index is 13.8. The highest BCUT2D eigenvalue weighted by molar-refractivity contribution is 7.92. The smallest absolute Gasteiger partial charge is 0.305 e. The van der Waals surface area contributed by atoms with Crippen molar-refractivity contribution in [2.75, 3.05) is 4.90 Å². The zero-order valence-electron chi connectivity index (χ0n) is 17.8. The molecule has 0 atom stereocenters. The van der Waals surface area contributed by atoms with E-state index in [-0.39, 0.29) is 12.2 Å². The van der Waals surface area contributed by atoms with E-state index in [9.17, 15) is 35.6 Å². The first-order valence-electron chi connectivity index (χ1n) is 9.86. The van der Waals surface area contributed by atoms with Crippen molar-refractivity contribution in [3.05, 3.63) is 66.1 Å². The van der Waals surface area contributed by atoms with Crippen molar-refractivity contribution in [2.45, 2.75) is 36.3 Å². The summed E-state index contributed by atoms with van der Waals surface area (Å²) in [6, 6.07) is 8.14. The normalized spacial score (nSPS) is 16.5. The maximum atomic E-state index is 13.8. The molecule has 3 aromatic rings. The van der Waals surface area contributed by atoms with Crippen molar-refractivity contribution >= 4 is 38.4 Å². The van der Waals surface area contributed by atoms with Crippen molar-refractivity contribution in [1.29, 1.82) is 0 Å². The van der Waals surface area contributed by atoms with Crippen LogP contribution in [-0.4, -0.2) is 41.3 Å². The number of urea groups is 1. The van der Waals surface area contributed by atoms with E-state index in [2.05, 4.69) is 4.98 Å². The third-order valence-electron chi connectivity index (χ3n) is 5.66. The quantitative estimate of drug-likeness (QED) is 0.395. The number of hydrogen-bond donors (Lipinski definition) is 0. The zero-order chi connectivity index (χ0) is 25.1. The molecule has 0 saturated carbocycles. The molecule has 7 nitrogen and oxygen atoms in total. The zero-order valence-corrected chi connectivity index (χ0v) is 18.6. The predicted molar refractivity (Wildman–Crippen MR) is 114 cm³/mol. The molecule has 12 heteroatoms. The monoisotopic (exact) mass is 495 g/mol. The molecule has 0 radical (unpaired) electrons. The molecule has 0 bridgehead atoms. The van der Waals surface area contributed by atoms with Crippen LogP contribution in [0.25, 0.3) is 10.9 Å². The predicted octanol–water partition coefficient (Wildman–Crippen LogP) is 4.41. The standard InChI is InChI=1S/C22H17F4N3O4S/c1-21(2)19(30)29(15-4-6-16(7-5-15)34(32,33)22(24,25)26)20(31)28(21)12-13-9-10-27-18-8-3-14(23)11-17(13)18/h3-11H,12H2,1-2H3. The molecule has 3 amide bonds. The lowest BCUT2D eigenvalue weighted by atomic mass is 10.0. The number of anilines is 1. The van der Waals surface area contributed by atoms with Gasteiger partial charge in [-0.25, -0.2) is 22.5 Å². The molecule has 0 N–H and O–H groups in total. The molecule has 4 rings (SSSR count). The van der Waals surface area contributed by atoms with Crippen LogP contribution in [0.15, 0.2) is 59.6 Å². The Morgan fingerprint density at radius 1 is 1.00 bits per heavy atom. The summed E-state index contributed by atoms with van der Waals surface area (Å²) in [6.45, 7) is 2.93. The fraction of sp³-hybridized carbons (Fsp3) is 0.227. The third-order valence-corrected chi connectivity index (χ3v) is 7.16. The average molecular weight is 495 g/mol. The number of sulfone groups is 1. The number of fused-ring (bicyclic) bond motifs is 1. The second-order valence-corrected chi connectivity index (χ2v) is 10.1. The van der Waals surface area contributed by atoms with Crippen LogP contribution in [0.4, 0.5) is 28.0 Å². The molecule has 1 aromatic heterocycles. The molecule has 1 aliphatic heterocycles. The van der Waals surface area contributed by atoms with E-state index in [4.69, 9.17) is 0 Å². The van der Waals surface area contributed by atoms with Gasteiger partial charge in [-0.1, -0.05) is 0 Å². The maximum Gasteiger partial charge on any atom is 0.501 e. The third kappa shape index (κ3) is 3.67. The Bertz CT molecular complexity index is 1420. The molecule has 2 aromatic carbocycles. The van der Waals surface area contributed by atoms with Crippen molar-refractivity contribution in [2.24, 2.45) is 0 Å². The number of pyridine rings is 1. The van der Waals surface area contributed by atoms with Gasteiger partial charge >= 0.3 is 11.5 Å². The van der Waals surface area contributed by atoms with E-state index < -0.39 is 43.5 Å². The lowest BCUT2D eigenvalue weighted by molar-refractivity contribution is -0.123. The Morgan fingerprint density at radius 2 is 1.65 bits per heavy atom. The number of nitrogens with zero attached hydrogens (tertiary/aromatic N) is 3. The minimum Gasteiger partial charge on any atom is -0.305 e. The van der Waals surface area contributed by atoms with E-state index in [1.54, 1.807) is 6.07 Å². The first-order valence-corrected chi connectivity index (χ1v) is 11.3. The Hall–Kier alpha value is -3.54.